The van der Waals surface area contributed by atoms with Gasteiger partial charge in [-0.25, -0.2) is 0 Å². The molecule has 2 rings (SSSR count). The van der Waals surface area contributed by atoms with E-state index >= 15 is 0 Å². The van der Waals surface area contributed by atoms with Gasteiger partial charge in [-0.15, -0.1) is 11.3 Å². The summed E-state index contributed by atoms with van der Waals surface area (Å²) in [4.78, 5) is 24.4. The highest BCUT2D eigenvalue weighted by molar-refractivity contribution is 7.09. The molecule has 0 aliphatic heterocycles. The SMILES string of the molecule is O=C(O)CCCC=CCC1C(C(=O)CCCCc2cccs2)[C@H](O)C[C@@H]1O. The molecule has 0 bridgehead atoms. The Morgan fingerprint density at radius 1 is 1.11 bits per heavy atom. The van der Waals surface area contributed by atoms with Gasteiger partial charge in [0.25, 0.3) is 0 Å². The number of ketones is 1. The van der Waals surface area contributed by atoms with Crippen LogP contribution in [0, 0.1) is 11.8 Å². The van der Waals surface area contributed by atoms with E-state index in [1.807, 2.05) is 18.2 Å². The van der Waals surface area contributed by atoms with Crippen molar-refractivity contribution < 1.29 is 24.9 Å². The average molecular weight is 395 g/mol. The van der Waals surface area contributed by atoms with Crippen molar-refractivity contribution in [2.45, 2.75) is 70.0 Å². The fourth-order valence-electron chi connectivity index (χ4n) is 3.81. The number of aliphatic carboxylic acids is 1. The van der Waals surface area contributed by atoms with Gasteiger partial charge in [-0.05, 0) is 50.0 Å². The molecular weight excluding hydrogens is 364 g/mol. The maximum absolute atomic E-state index is 12.6. The molecule has 2 unspecified atom stereocenters. The Bertz CT molecular complexity index is 610. The Morgan fingerprint density at radius 3 is 2.63 bits per heavy atom. The summed E-state index contributed by atoms with van der Waals surface area (Å²) in [6.07, 6.45) is 7.73. The lowest BCUT2D eigenvalue weighted by molar-refractivity contribution is -0.137. The molecule has 27 heavy (non-hydrogen) atoms. The number of carbonyl (C=O) groups excluding carboxylic acids is 1. The predicted molar refractivity (Wildman–Crippen MR) is 106 cm³/mol. The van der Waals surface area contributed by atoms with Crippen molar-refractivity contribution in [2.75, 3.05) is 0 Å². The van der Waals surface area contributed by atoms with E-state index in [1.54, 1.807) is 11.3 Å². The fraction of sp³-hybridized carbons (Fsp3) is 0.619. The Hall–Kier alpha value is -1.50. The van der Waals surface area contributed by atoms with Crippen molar-refractivity contribution in [3.8, 4) is 0 Å². The summed E-state index contributed by atoms with van der Waals surface area (Å²) >= 11 is 1.73. The summed E-state index contributed by atoms with van der Waals surface area (Å²) in [5, 5.41) is 31.1. The van der Waals surface area contributed by atoms with Gasteiger partial charge in [0, 0.05) is 36.0 Å². The van der Waals surface area contributed by atoms with Gasteiger partial charge in [0.2, 0.25) is 0 Å². The molecular formula is C21H30O5S. The first kappa shape index (κ1) is 21.8. The molecule has 0 saturated heterocycles. The van der Waals surface area contributed by atoms with Crippen LogP contribution in [-0.2, 0) is 16.0 Å². The summed E-state index contributed by atoms with van der Waals surface area (Å²) < 4.78 is 0. The third-order valence-corrected chi connectivity index (χ3v) is 6.17. The molecule has 0 aromatic carbocycles. The number of Topliss-reactive ketones (excluding diaryl/α,β-unsaturated/α-hetero) is 1. The summed E-state index contributed by atoms with van der Waals surface area (Å²) in [5.74, 6) is -1.50. The van der Waals surface area contributed by atoms with Crippen molar-refractivity contribution >= 4 is 23.1 Å². The van der Waals surface area contributed by atoms with Crippen LogP contribution in [0.15, 0.2) is 29.7 Å². The van der Waals surface area contributed by atoms with Gasteiger partial charge >= 0.3 is 5.97 Å². The van der Waals surface area contributed by atoms with E-state index in [2.05, 4.69) is 11.4 Å². The second kappa shape index (κ2) is 11.4. The van der Waals surface area contributed by atoms with Crippen LogP contribution in [-0.4, -0.2) is 39.3 Å². The van der Waals surface area contributed by atoms with E-state index in [-0.39, 0.29) is 24.5 Å². The number of thiophene rings is 1. The zero-order chi connectivity index (χ0) is 19.6. The average Bonchev–Trinajstić information content (AvgIpc) is 3.22. The molecule has 1 heterocycles. The maximum Gasteiger partial charge on any atom is 0.303 e. The van der Waals surface area contributed by atoms with Gasteiger partial charge in [-0.3, -0.25) is 9.59 Å². The molecule has 1 saturated carbocycles. The van der Waals surface area contributed by atoms with Gasteiger partial charge in [0.05, 0.1) is 12.2 Å². The summed E-state index contributed by atoms with van der Waals surface area (Å²) in [5.41, 5.74) is 0. The lowest BCUT2D eigenvalue weighted by Gasteiger charge is -2.21. The highest BCUT2D eigenvalue weighted by atomic mass is 32.1. The molecule has 1 aromatic heterocycles. The third kappa shape index (κ3) is 7.20. The Balaban J connectivity index is 1.76. The maximum atomic E-state index is 12.6. The van der Waals surface area contributed by atoms with Gasteiger partial charge in [0.1, 0.15) is 5.78 Å². The molecule has 0 spiro atoms. The Morgan fingerprint density at radius 2 is 1.93 bits per heavy atom. The first-order valence-corrected chi connectivity index (χ1v) is 10.6. The van der Waals surface area contributed by atoms with Crippen LogP contribution in [0.3, 0.4) is 0 Å². The molecule has 1 aromatic rings. The number of hydrogen-bond acceptors (Lipinski definition) is 5. The fourth-order valence-corrected chi connectivity index (χ4v) is 4.56. The van der Waals surface area contributed by atoms with Crippen molar-refractivity contribution in [3.05, 3.63) is 34.5 Å². The van der Waals surface area contributed by atoms with Crippen LogP contribution < -0.4 is 0 Å². The number of hydrogen-bond donors (Lipinski definition) is 3. The summed E-state index contributed by atoms with van der Waals surface area (Å²) in [6.45, 7) is 0. The third-order valence-electron chi connectivity index (χ3n) is 5.24. The van der Waals surface area contributed by atoms with E-state index in [0.717, 1.165) is 19.3 Å². The predicted octanol–water partition coefficient (Wildman–Crippen LogP) is 3.59. The van der Waals surface area contributed by atoms with E-state index < -0.39 is 24.1 Å². The van der Waals surface area contributed by atoms with Gasteiger partial charge in [-0.2, -0.15) is 0 Å². The molecule has 150 valence electrons. The van der Waals surface area contributed by atoms with Crippen molar-refractivity contribution in [2.24, 2.45) is 11.8 Å². The van der Waals surface area contributed by atoms with E-state index in [4.69, 9.17) is 5.11 Å². The monoisotopic (exact) mass is 394 g/mol. The number of aliphatic hydroxyl groups is 2. The van der Waals surface area contributed by atoms with Gasteiger partial charge < -0.3 is 15.3 Å². The molecule has 1 aliphatic carbocycles. The number of unbranched alkanes of at least 4 members (excludes halogenated alkanes) is 2. The molecule has 0 amide bonds. The molecule has 1 fully saturated rings. The largest absolute Gasteiger partial charge is 0.481 e. The quantitative estimate of drug-likeness (QED) is 0.372. The molecule has 3 N–H and O–H groups in total. The number of aryl methyl sites for hydroxylation is 1. The molecule has 4 atom stereocenters. The molecule has 0 radical (unpaired) electrons. The van der Waals surface area contributed by atoms with Crippen molar-refractivity contribution in [1.82, 2.24) is 0 Å². The zero-order valence-corrected chi connectivity index (χ0v) is 16.4. The normalized spacial score (nSPS) is 25.3. The van der Waals surface area contributed by atoms with Gasteiger partial charge in [-0.1, -0.05) is 18.2 Å². The number of aliphatic hydroxyl groups excluding tert-OH is 2. The number of rotatable bonds is 12. The second-order valence-electron chi connectivity index (χ2n) is 7.31. The summed E-state index contributed by atoms with van der Waals surface area (Å²) in [7, 11) is 0. The lowest BCUT2D eigenvalue weighted by atomic mass is 9.85. The second-order valence-corrected chi connectivity index (χ2v) is 8.34. The van der Waals surface area contributed by atoms with Gasteiger partial charge in [0.15, 0.2) is 0 Å². The Kier molecular flexibility index (Phi) is 9.18. The standard InChI is InChI=1S/C21H30O5S/c22-17(11-6-5-8-15-9-7-13-27-15)21-16(18(23)14-19(21)24)10-3-1-2-4-12-20(25)26/h1,3,7,9,13,16,18-19,21,23-24H,2,4-6,8,10-12,14H2,(H,25,26)/t16?,18-,19+,21?/m0/s1. The topological polar surface area (TPSA) is 94.8 Å². The minimum atomic E-state index is -0.803. The van der Waals surface area contributed by atoms with Crippen LogP contribution in [0.1, 0.15) is 56.2 Å². The first-order valence-electron chi connectivity index (χ1n) is 9.77. The van der Waals surface area contributed by atoms with Crippen LogP contribution in [0.25, 0.3) is 0 Å². The summed E-state index contributed by atoms with van der Waals surface area (Å²) in [6, 6.07) is 4.13. The van der Waals surface area contributed by atoms with E-state index in [1.165, 1.54) is 4.88 Å². The lowest BCUT2D eigenvalue weighted by Crippen LogP contribution is -2.29. The molecule has 1 aliphatic rings. The number of carboxylic acids is 1. The van der Waals surface area contributed by atoms with Crippen LogP contribution >= 0.6 is 11.3 Å². The number of carbonyl (C=O) groups is 2. The van der Waals surface area contributed by atoms with Crippen LogP contribution in [0.4, 0.5) is 0 Å². The highest BCUT2D eigenvalue weighted by Gasteiger charge is 2.44. The number of allylic oxidation sites excluding steroid dienone is 2. The minimum Gasteiger partial charge on any atom is -0.481 e. The van der Waals surface area contributed by atoms with Crippen LogP contribution in [0.5, 0.6) is 0 Å². The zero-order valence-electron chi connectivity index (χ0n) is 15.6. The van der Waals surface area contributed by atoms with Crippen molar-refractivity contribution in [3.63, 3.8) is 0 Å². The molecule has 5 nitrogen and oxygen atoms in total. The van der Waals surface area contributed by atoms with Crippen LogP contribution in [0.2, 0.25) is 0 Å². The minimum absolute atomic E-state index is 0.0505. The highest BCUT2D eigenvalue weighted by Crippen LogP contribution is 2.37. The van der Waals surface area contributed by atoms with E-state index in [9.17, 15) is 19.8 Å². The Labute approximate surface area is 164 Å². The smallest absolute Gasteiger partial charge is 0.303 e. The van der Waals surface area contributed by atoms with Crippen molar-refractivity contribution in [1.29, 1.82) is 0 Å². The first-order chi connectivity index (χ1) is 13.0. The van der Waals surface area contributed by atoms with E-state index in [0.29, 0.717) is 25.7 Å². The molecule has 6 heteroatoms. The number of carboxylic acid groups (broad SMARTS) is 1.